The fourth-order valence-corrected chi connectivity index (χ4v) is 4.80. The van der Waals surface area contributed by atoms with Crippen LogP contribution in [0.5, 0.6) is 0 Å². The molecule has 0 atom stereocenters. The summed E-state index contributed by atoms with van der Waals surface area (Å²) in [6.45, 7) is 0. The molecule has 4 heteroatoms. The minimum atomic E-state index is -0.436. The van der Waals surface area contributed by atoms with Crippen LogP contribution < -0.4 is 5.32 Å². The molecule has 0 unspecified atom stereocenters. The Kier molecular flexibility index (Phi) is 4.85. The largest absolute Gasteiger partial charge is 0.301 e. The van der Waals surface area contributed by atoms with Crippen molar-refractivity contribution in [3.8, 4) is 0 Å². The Bertz CT molecular complexity index is 801. The minimum Gasteiger partial charge on any atom is -0.301 e. The van der Waals surface area contributed by atoms with Gasteiger partial charge in [-0.15, -0.1) is 11.3 Å². The third-order valence-electron chi connectivity index (χ3n) is 5.42. The van der Waals surface area contributed by atoms with Crippen molar-refractivity contribution in [2.24, 2.45) is 5.41 Å². The number of carbonyl (C=O) groups is 1. The molecule has 0 saturated heterocycles. The molecule has 1 aliphatic rings. The zero-order chi connectivity index (χ0) is 17.8. The molecule has 1 aromatic heterocycles. The zero-order valence-electron chi connectivity index (χ0n) is 14.6. The van der Waals surface area contributed by atoms with Gasteiger partial charge in [0.1, 0.15) is 0 Å². The number of thiazole rings is 1. The van der Waals surface area contributed by atoms with Crippen LogP contribution in [-0.4, -0.2) is 10.9 Å². The highest BCUT2D eigenvalue weighted by molar-refractivity contribution is 7.13. The van der Waals surface area contributed by atoms with Gasteiger partial charge in [0.25, 0.3) is 0 Å². The molecule has 1 saturated carbocycles. The summed E-state index contributed by atoms with van der Waals surface area (Å²) in [6, 6.07) is 20.9. The molecular weight excluding hydrogens is 340 g/mol. The van der Waals surface area contributed by atoms with Crippen LogP contribution in [-0.2, 0) is 4.79 Å². The highest BCUT2D eigenvalue weighted by atomic mass is 32.1. The SMILES string of the molecule is O=C(Nc1nccs1)C1(C(c2ccccc2)c2ccccc2)CCCC1. The maximum absolute atomic E-state index is 13.5. The van der Waals surface area contributed by atoms with Crippen molar-refractivity contribution in [3.63, 3.8) is 0 Å². The van der Waals surface area contributed by atoms with Gasteiger partial charge < -0.3 is 5.32 Å². The third kappa shape index (κ3) is 3.17. The topological polar surface area (TPSA) is 42.0 Å². The molecule has 0 radical (unpaired) electrons. The van der Waals surface area contributed by atoms with Crippen molar-refractivity contribution in [1.82, 2.24) is 4.98 Å². The Morgan fingerprint density at radius 3 is 2.04 bits per heavy atom. The first-order valence-corrected chi connectivity index (χ1v) is 9.98. The number of amides is 1. The average Bonchev–Trinajstić information content (AvgIpc) is 3.37. The number of benzene rings is 2. The summed E-state index contributed by atoms with van der Waals surface area (Å²) in [7, 11) is 0. The zero-order valence-corrected chi connectivity index (χ0v) is 15.4. The van der Waals surface area contributed by atoms with E-state index in [0.29, 0.717) is 5.13 Å². The van der Waals surface area contributed by atoms with E-state index in [1.807, 2.05) is 17.5 Å². The van der Waals surface area contributed by atoms with E-state index in [1.165, 1.54) is 22.5 Å². The maximum Gasteiger partial charge on any atom is 0.233 e. The van der Waals surface area contributed by atoms with E-state index >= 15 is 0 Å². The Hall–Kier alpha value is -2.46. The molecule has 3 nitrogen and oxygen atoms in total. The number of hydrogen-bond donors (Lipinski definition) is 1. The van der Waals surface area contributed by atoms with Gasteiger partial charge in [0.15, 0.2) is 5.13 Å². The summed E-state index contributed by atoms with van der Waals surface area (Å²) < 4.78 is 0. The van der Waals surface area contributed by atoms with Crippen molar-refractivity contribution in [2.75, 3.05) is 5.32 Å². The van der Waals surface area contributed by atoms with Gasteiger partial charge >= 0.3 is 0 Å². The fourth-order valence-electron chi connectivity index (χ4n) is 4.28. The van der Waals surface area contributed by atoms with Crippen molar-refractivity contribution < 1.29 is 4.79 Å². The standard InChI is InChI=1S/C22H22N2OS/c25-20(24-21-23-15-16-26-21)22(13-7-8-14-22)19(17-9-3-1-4-10-17)18-11-5-2-6-12-18/h1-6,9-12,15-16,19H,7-8,13-14H2,(H,23,24,25). The normalized spacial score (nSPS) is 15.9. The highest BCUT2D eigenvalue weighted by Crippen LogP contribution is 2.52. The van der Waals surface area contributed by atoms with Crippen LogP contribution in [0.1, 0.15) is 42.7 Å². The van der Waals surface area contributed by atoms with Gasteiger partial charge in [-0.3, -0.25) is 4.79 Å². The van der Waals surface area contributed by atoms with Gasteiger partial charge in [0.05, 0.1) is 5.41 Å². The van der Waals surface area contributed by atoms with Crippen LogP contribution in [0.2, 0.25) is 0 Å². The number of nitrogens with one attached hydrogen (secondary N) is 1. The van der Waals surface area contributed by atoms with E-state index in [1.54, 1.807) is 6.20 Å². The molecule has 1 heterocycles. The molecule has 1 fully saturated rings. The van der Waals surface area contributed by atoms with Crippen molar-refractivity contribution in [3.05, 3.63) is 83.4 Å². The molecule has 132 valence electrons. The lowest BCUT2D eigenvalue weighted by atomic mass is 9.67. The molecule has 0 aliphatic heterocycles. The van der Waals surface area contributed by atoms with Crippen LogP contribution in [0.15, 0.2) is 72.2 Å². The van der Waals surface area contributed by atoms with Crippen molar-refractivity contribution in [2.45, 2.75) is 31.6 Å². The predicted octanol–water partition coefficient (Wildman–Crippen LogP) is 5.47. The first-order valence-electron chi connectivity index (χ1n) is 9.10. The summed E-state index contributed by atoms with van der Waals surface area (Å²) in [6.07, 6.45) is 5.70. The number of rotatable bonds is 5. The number of anilines is 1. The van der Waals surface area contributed by atoms with E-state index in [4.69, 9.17) is 0 Å². The molecule has 1 aliphatic carbocycles. The molecule has 26 heavy (non-hydrogen) atoms. The highest BCUT2D eigenvalue weighted by Gasteiger charge is 2.48. The van der Waals surface area contributed by atoms with E-state index in [2.05, 4.69) is 58.8 Å². The number of nitrogens with zero attached hydrogens (tertiary/aromatic N) is 1. The second-order valence-corrected chi connectivity index (χ2v) is 7.80. The van der Waals surface area contributed by atoms with Crippen molar-refractivity contribution in [1.29, 1.82) is 0 Å². The van der Waals surface area contributed by atoms with E-state index in [0.717, 1.165) is 25.7 Å². The Labute approximate surface area is 158 Å². The lowest BCUT2D eigenvalue weighted by Crippen LogP contribution is -2.39. The molecule has 1 N–H and O–H groups in total. The lowest BCUT2D eigenvalue weighted by molar-refractivity contribution is -0.126. The Balaban J connectivity index is 1.79. The van der Waals surface area contributed by atoms with Crippen molar-refractivity contribution >= 4 is 22.4 Å². The van der Waals surface area contributed by atoms with Gasteiger partial charge in [-0.05, 0) is 24.0 Å². The molecule has 0 spiro atoms. The van der Waals surface area contributed by atoms with Gasteiger partial charge in [0.2, 0.25) is 5.91 Å². The molecule has 3 aromatic rings. The quantitative estimate of drug-likeness (QED) is 0.653. The average molecular weight is 362 g/mol. The molecule has 2 aromatic carbocycles. The summed E-state index contributed by atoms with van der Waals surface area (Å²) in [5, 5.41) is 5.67. The van der Waals surface area contributed by atoms with Gasteiger partial charge in [-0.1, -0.05) is 73.5 Å². The summed E-state index contributed by atoms with van der Waals surface area (Å²) in [4.78, 5) is 17.7. The fraction of sp³-hybridized carbons (Fsp3) is 0.273. The molecular formula is C22H22N2OS. The summed E-state index contributed by atoms with van der Waals surface area (Å²) >= 11 is 1.47. The van der Waals surface area contributed by atoms with Gasteiger partial charge in [-0.25, -0.2) is 4.98 Å². The van der Waals surface area contributed by atoms with E-state index in [9.17, 15) is 4.79 Å². The first-order chi connectivity index (χ1) is 12.8. The molecule has 0 bridgehead atoms. The minimum absolute atomic E-state index is 0.0485. The molecule has 1 amide bonds. The van der Waals surface area contributed by atoms with Crippen LogP contribution in [0, 0.1) is 5.41 Å². The van der Waals surface area contributed by atoms with Gasteiger partial charge in [0, 0.05) is 17.5 Å². The Morgan fingerprint density at radius 2 is 1.54 bits per heavy atom. The molecule has 4 rings (SSSR count). The van der Waals surface area contributed by atoms with E-state index < -0.39 is 5.41 Å². The van der Waals surface area contributed by atoms with Crippen LogP contribution in [0.25, 0.3) is 0 Å². The second-order valence-electron chi connectivity index (χ2n) is 6.91. The van der Waals surface area contributed by atoms with Crippen LogP contribution >= 0.6 is 11.3 Å². The number of aromatic nitrogens is 1. The smallest absolute Gasteiger partial charge is 0.233 e. The predicted molar refractivity (Wildman–Crippen MR) is 106 cm³/mol. The van der Waals surface area contributed by atoms with Crippen LogP contribution in [0.3, 0.4) is 0 Å². The second kappa shape index (κ2) is 7.42. The third-order valence-corrected chi connectivity index (χ3v) is 6.11. The Morgan fingerprint density at radius 1 is 0.962 bits per heavy atom. The number of hydrogen-bond acceptors (Lipinski definition) is 3. The first kappa shape index (κ1) is 17.0. The maximum atomic E-state index is 13.5. The summed E-state index contributed by atoms with van der Waals surface area (Å²) in [5.41, 5.74) is 1.97. The van der Waals surface area contributed by atoms with E-state index in [-0.39, 0.29) is 11.8 Å². The van der Waals surface area contributed by atoms with Crippen LogP contribution in [0.4, 0.5) is 5.13 Å². The number of carbonyl (C=O) groups excluding carboxylic acids is 1. The lowest BCUT2D eigenvalue weighted by Gasteiger charge is -2.37. The van der Waals surface area contributed by atoms with Gasteiger partial charge in [-0.2, -0.15) is 0 Å². The monoisotopic (exact) mass is 362 g/mol. The summed E-state index contributed by atoms with van der Waals surface area (Å²) in [5.74, 6) is 0.148.